The topological polar surface area (TPSA) is 93.4 Å². The molecule has 0 aliphatic heterocycles. The molecule has 3 N–H and O–H groups in total. The minimum Gasteiger partial charge on any atom is -0.383 e. The number of hydrazine groups is 1. The highest BCUT2D eigenvalue weighted by Gasteiger charge is 2.18. The normalized spacial score (nSPS) is 10.6. The molecule has 0 saturated heterocycles. The predicted molar refractivity (Wildman–Crippen MR) is 72.5 cm³/mol. The number of nitrogens with two attached hydrogens (primary N) is 1. The lowest BCUT2D eigenvalue weighted by molar-refractivity contribution is 0.0666. The monoisotopic (exact) mass is 267 g/mol. The van der Waals surface area contributed by atoms with Gasteiger partial charge in [-0.05, 0) is 5.92 Å². The van der Waals surface area contributed by atoms with E-state index in [4.69, 9.17) is 10.6 Å². The molecule has 0 aromatic carbocycles. The zero-order valence-corrected chi connectivity index (χ0v) is 11.6. The summed E-state index contributed by atoms with van der Waals surface area (Å²) < 4.78 is 5.02. The predicted octanol–water partition coefficient (Wildman–Crippen LogP) is 0.507. The van der Waals surface area contributed by atoms with E-state index in [-0.39, 0.29) is 5.91 Å². The van der Waals surface area contributed by atoms with Crippen LogP contribution in [0.5, 0.6) is 0 Å². The molecule has 19 heavy (non-hydrogen) atoms. The van der Waals surface area contributed by atoms with E-state index in [0.717, 1.165) is 0 Å². The summed E-state index contributed by atoms with van der Waals surface area (Å²) >= 11 is 0. The van der Waals surface area contributed by atoms with Gasteiger partial charge in [0.1, 0.15) is 5.69 Å². The van der Waals surface area contributed by atoms with Crippen molar-refractivity contribution in [2.45, 2.75) is 13.8 Å². The van der Waals surface area contributed by atoms with Crippen LogP contribution in [0.15, 0.2) is 12.4 Å². The molecule has 1 aromatic heterocycles. The summed E-state index contributed by atoms with van der Waals surface area (Å²) in [5, 5.41) is 0. The Bertz CT molecular complexity index is 394. The van der Waals surface area contributed by atoms with Gasteiger partial charge in [-0.1, -0.05) is 13.8 Å². The standard InChI is InChI=1S/C12H21N5O2/c1-9(2)8-17(4-5-19-3)12(18)10-6-15-11(16-13)7-14-10/h6-7,9H,4-5,8,13H2,1-3H3,(H,15,16). The van der Waals surface area contributed by atoms with E-state index in [1.807, 2.05) is 0 Å². The Hall–Kier alpha value is -1.73. The molecule has 7 heteroatoms. The van der Waals surface area contributed by atoms with Crippen LogP contribution in [-0.2, 0) is 4.74 Å². The molecule has 0 fully saturated rings. The molecule has 1 amide bonds. The van der Waals surface area contributed by atoms with Gasteiger partial charge >= 0.3 is 0 Å². The maximum absolute atomic E-state index is 12.3. The molecule has 1 rings (SSSR count). The van der Waals surface area contributed by atoms with Crippen LogP contribution in [0.2, 0.25) is 0 Å². The van der Waals surface area contributed by atoms with E-state index >= 15 is 0 Å². The first-order chi connectivity index (χ1) is 9.08. The van der Waals surface area contributed by atoms with Gasteiger partial charge < -0.3 is 15.1 Å². The maximum atomic E-state index is 12.3. The number of methoxy groups -OCH3 is 1. The van der Waals surface area contributed by atoms with E-state index in [0.29, 0.717) is 37.1 Å². The van der Waals surface area contributed by atoms with Crippen LogP contribution < -0.4 is 11.3 Å². The molecule has 0 aliphatic carbocycles. The second kappa shape index (κ2) is 7.65. The van der Waals surface area contributed by atoms with Crippen molar-refractivity contribution in [3.63, 3.8) is 0 Å². The summed E-state index contributed by atoms with van der Waals surface area (Å²) in [6, 6.07) is 0. The minimum absolute atomic E-state index is 0.151. The minimum atomic E-state index is -0.151. The third-order valence-corrected chi connectivity index (χ3v) is 2.46. The number of anilines is 1. The number of hydrogen-bond acceptors (Lipinski definition) is 6. The molecule has 0 saturated carbocycles. The first-order valence-corrected chi connectivity index (χ1v) is 6.15. The van der Waals surface area contributed by atoms with Crippen molar-refractivity contribution in [3.05, 3.63) is 18.1 Å². The molecule has 0 bridgehead atoms. The number of hydrogen-bond donors (Lipinski definition) is 2. The Morgan fingerprint density at radius 3 is 2.68 bits per heavy atom. The molecule has 0 atom stereocenters. The quantitative estimate of drug-likeness (QED) is 0.552. The summed E-state index contributed by atoms with van der Waals surface area (Å²) in [5.74, 6) is 5.85. The highest BCUT2D eigenvalue weighted by Crippen LogP contribution is 2.06. The molecule has 0 radical (unpaired) electrons. The number of nitrogens with zero attached hydrogens (tertiary/aromatic N) is 3. The molecule has 7 nitrogen and oxygen atoms in total. The number of carbonyl (C=O) groups is 1. The van der Waals surface area contributed by atoms with Gasteiger partial charge in [0.25, 0.3) is 5.91 Å². The Balaban J connectivity index is 2.78. The van der Waals surface area contributed by atoms with Gasteiger partial charge in [0.15, 0.2) is 5.82 Å². The summed E-state index contributed by atoms with van der Waals surface area (Å²) in [7, 11) is 1.61. The Morgan fingerprint density at radius 2 is 2.21 bits per heavy atom. The molecular weight excluding hydrogens is 246 g/mol. The second-order valence-electron chi connectivity index (χ2n) is 4.57. The molecule has 1 heterocycles. The molecule has 0 unspecified atom stereocenters. The smallest absolute Gasteiger partial charge is 0.274 e. The van der Waals surface area contributed by atoms with E-state index in [2.05, 4.69) is 29.2 Å². The van der Waals surface area contributed by atoms with E-state index in [1.165, 1.54) is 12.4 Å². The third-order valence-electron chi connectivity index (χ3n) is 2.46. The van der Waals surface area contributed by atoms with Crippen molar-refractivity contribution in [3.8, 4) is 0 Å². The van der Waals surface area contributed by atoms with Crippen molar-refractivity contribution in [2.24, 2.45) is 11.8 Å². The fraction of sp³-hybridized carbons (Fsp3) is 0.583. The lowest BCUT2D eigenvalue weighted by atomic mass is 10.2. The summed E-state index contributed by atoms with van der Waals surface area (Å²) in [6.07, 6.45) is 2.84. The van der Waals surface area contributed by atoms with Crippen LogP contribution in [0.25, 0.3) is 0 Å². The fourth-order valence-corrected chi connectivity index (χ4v) is 1.59. The van der Waals surface area contributed by atoms with Crippen LogP contribution >= 0.6 is 0 Å². The Morgan fingerprint density at radius 1 is 1.47 bits per heavy atom. The van der Waals surface area contributed by atoms with E-state index in [9.17, 15) is 4.79 Å². The first kappa shape index (κ1) is 15.3. The number of ether oxygens (including phenoxy) is 1. The summed E-state index contributed by atoms with van der Waals surface area (Å²) in [5.41, 5.74) is 2.67. The largest absolute Gasteiger partial charge is 0.383 e. The zero-order chi connectivity index (χ0) is 14.3. The van der Waals surface area contributed by atoms with Crippen LogP contribution in [0.4, 0.5) is 5.82 Å². The van der Waals surface area contributed by atoms with Crippen molar-refractivity contribution in [2.75, 3.05) is 32.2 Å². The van der Waals surface area contributed by atoms with Gasteiger partial charge in [-0.2, -0.15) is 0 Å². The first-order valence-electron chi connectivity index (χ1n) is 6.15. The Kier molecular flexibility index (Phi) is 6.17. The molecule has 0 spiro atoms. The van der Waals surface area contributed by atoms with Crippen molar-refractivity contribution < 1.29 is 9.53 Å². The number of nitrogen functional groups attached to an aromatic ring is 1. The maximum Gasteiger partial charge on any atom is 0.274 e. The SMILES string of the molecule is COCCN(CC(C)C)C(=O)c1cnc(NN)cn1. The second-order valence-corrected chi connectivity index (χ2v) is 4.57. The molecule has 106 valence electrons. The van der Waals surface area contributed by atoms with Gasteiger partial charge in [0.2, 0.25) is 0 Å². The molecule has 1 aromatic rings. The summed E-state index contributed by atoms with van der Waals surface area (Å²) in [4.78, 5) is 22.0. The third kappa shape index (κ3) is 4.80. The lowest BCUT2D eigenvalue weighted by Crippen LogP contribution is -2.37. The Labute approximate surface area is 113 Å². The van der Waals surface area contributed by atoms with E-state index in [1.54, 1.807) is 12.0 Å². The zero-order valence-electron chi connectivity index (χ0n) is 11.6. The highest BCUT2D eigenvalue weighted by atomic mass is 16.5. The average molecular weight is 267 g/mol. The van der Waals surface area contributed by atoms with Crippen LogP contribution in [0, 0.1) is 5.92 Å². The van der Waals surface area contributed by atoms with Crippen LogP contribution in [0.3, 0.4) is 0 Å². The van der Waals surface area contributed by atoms with Crippen molar-refractivity contribution in [1.82, 2.24) is 14.9 Å². The fourth-order valence-electron chi connectivity index (χ4n) is 1.59. The highest BCUT2D eigenvalue weighted by molar-refractivity contribution is 5.92. The van der Waals surface area contributed by atoms with Gasteiger partial charge in [-0.25, -0.2) is 15.8 Å². The number of nitrogens with one attached hydrogen (secondary N) is 1. The van der Waals surface area contributed by atoms with Gasteiger partial charge in [0.05, 0.1) is 19.0 Å². The van der Waals surface area contributed by atoms with Crippen molar-refractivity contribution >= 4 is 11.7 Å². The van der Waals surface area contributed by atoms with Gasteiger partial charge in [-0.3, -0.25) is 4.79 Å². The number of aromatic nitrogens is 2. The number of rotatable bonds is 7. The van der Waals surface area contributed by atoms with Gasteiger partial charge in [0, 0.05) is 20.2 Å². The van der Waals surface area contributed by atoms with Crippen LogP contribution in [0.1, 0.15) is 24.3 Å². The number of carbonyl (C=O) groups excluding carboxylic acids is 1. The number of amides is 1. The molecular formula is C12H21N5O2. The lowest BCUT2D eigenvalue weighted by Gasteiger charge is -2.23. The molecule has 0 aliphatic rings. The van der Waals surface area contributed by atoms with E-state index < -0.39 is 0 Å². The average Bonchev–Trinajstić information content (AvgIpc) is 2.42. The van der Waals surface area contributed by atoms with Gasteiger partial charge in [-0.15, -0.1) is 0 Å². The van der Waals surface area contributed by atoms with Crippen LogP contribution in [-0.4, -0.2) is 47.6 Å². The summed E-state index contributed by atoms with van der Waals surface area (Å²) in [6.45, 7) is 5.79. The van der Waals surface area contributed by atoms with Crippen molar-refractivity contribution in [1.29, 1.82) is 0 Å².